The van der Waals surface area contributed by atoms with Crippen LogP contribution in [-0.2, 0) is 6.54 Å². The standard InChI is InChI=1S/C14H14N6O2/c21-9-11(22)7-20-8-13(18-19-20)10-5-16-14(17-6-10)12-3-1-2-4-15-12/h1-6,8,11,21-22H,7,9H2. The van der Waals surface area contributed by atoms with Gasteiger partial charge < -0.3 is 10.2 Å². The molecule has 0 radical (unpaired) electrons. The van der Waals surface area contributed by atoms with E-state index in [1.807, 2.05) is 18.2 Å². The van der Waals surface area contributed by atoms with Crippen LogP contribution in [0.3, 0.4) is 0 Å². The molecule has 0 spiro atoms. The van der Waals surface area contributed by atoms with Crippen molar-refractivity contribution in [3.05, 3.63) is 43.0 Å². The molecular formula is C14H14N6O2. The first-order chi connectivity index (χ1) is 10.8. The Kier molecular flexibility index (Phi) is 4.12. The number of hydrogen-bond acceptors (Lipinski definition) is 7. The Bertz CT molecular complexity index is 729. The highest BCUT2D eigenvalue weighted by atomic mass is 16.3. The molecule has 0 aliphatic rings. The van der Waals surface area contributed by atoms with Crippen molar-refractivity contribution >= 4 is 0 Å². The first-order valence-corrected chi connectivity index (χ1v) is 6.69. The summed E-state index contributed by atoms with van der Waals surface area (Å²) < 4.78 is 1.46. The summed E-state index contributed by atoms with van der Waals surface area (Å²) in [5.41, 5.74) is 2.01. The van der Waals surface area contributed by atoms with Crippen LogP contribution in [0, 0.1) is 0 Å². The number of hydrogen-bond donors (Lipinski definition) is 2. The van der Waals surface area contributed by atoms with Crippen LogP contribution in [0.1, 0.15) is 0 Å². The normalized spacial score (nSPS) is 12.3. The van der Waals surface area contributed by atoms with Crippen LogP contribution in [0.2, 0.25) is 0 Å². The Balaban J connectivity index is 1.78. The van der Waals surface area contributed by atoms with Crippen molar-refractivity contribution in [2.45, 2.75) is 12.6 Å². The first-order valence-electron chi connectivity index (χ1n) is 6.69. The number of aliphatic hydroxyl groups is 2. The van der Waals surface area contributed by atoms with Crippen molar-refractivity contribution in [3.8, 4) is 22.8 Å². The van der Waals surface area contributed by atoms with E-state index in [9.17, 15) is 5.11 Å². The Labute approximate surface area is 126 Å². The third kappa shape index (κ3) is 3.13. The van der Waals surface area contributed by atoms with Gasteiger partial charge in [-0.2, -0.15) is 0 Å². The van der Waals surface area contributed by atoms with Gasteiger partial charge in [-0.3, -0.25) is 4.98 Å². The van der Waals surface area contributed by atoms with Crippen molar-refractivity contribution in [2.24, 2.45) is 0 Å². The molecule has 0 aromatic carbocycles. The summed E-state index contributed by atoms with van der Waals surface area (Å²) in [5.74, 6) is 0.535. The molecule has 3 heterocycles. The number of aromatic nitrogens is 6. The van der Waals surface area contributed by atoms with E-state index in [1.54, 1.807) is 24.8 Å². The van der Waals surface area contributed by atoms with Gasteiger partial charge in [-0.25, -0.2) is 14.6 Å². The topological polar surface area (TPSA) is 110 Å². The van der Waals surface area contributed by atoms with Gasteiger partial charge in [-0.05, 0) is 12.1 Å². The van der Waals surface area contributed by atoms with Crippen LogP contribution in [0.5, 0.6) is 0 Å². The summed E-state index contributed by atoms with van der Waals surface area (Å²) in [5, 5.41) is 26.1. The lowest BCUT2D eigenvalue weighted by Gasteiger charge is -2.04. The van der Waals surface area contributed by atoms with Gasteiger partial charge in [0.05, 0.1) is 25.5 Å². The molecule has 0 saturated heterocycles. The van der Waals surface area contributed by atoms with E-state index in [0.29, 0.717) is 22.8 Å². The van der Waals surface area contributed by atoms with E-state index in [-0.39, 0.29) is 13.2 Å². The van der Waals surface area contributed by atoms with Gasteiger partial charge in [0, 0.05) is 24.2 Å². The summed E-state index contributed by atoms with van der Waals surface area (Å²) in [6.07, 6.45) is 5.78. The number of pyridine rings is 1. The average molecular weight is 298 g/mol. The van der Waals surface area contributed by atoms with Crippen molar-refractivity contribution < 1.29 is 10.2 Å². The molecule has 3 rings (SSSR count). The van der Waals surface area contributed by atoms with E-state index in [0.717, 1.165) is 0 Å². The molecule has 8 heteroatoms. The Morgan fingerprint density at radius 3 is 2.59 bits per heavy atom. The van der Waals surface area contributed by atoms with Crippen LogP contribution in [-0.4, -0.2) is 52.9 Å². The van der Waals surface area contributed by atoms with Crippen LogP contribution in [0.4, 0.5) is 0 Å². The average Bonchev–Trinajstić information content (AvgIpc) is 3.04. The lowest BCUT2D eigenvalue weighted by molar-refractivity contribution is 0.0778. The fourth-order valence-corrected chi connectivity index (χ4v) is 1.88. The fourth-order valence-electron chi connectivity index (χ4n) is 1.88. The van der Waals surface area contributed by atoms with Crippen molar-refractivity contribution in [1.82, 2.24) is 29.9 Å². The second-order valence-corrected chi connectivity index (χ2v) is 4.67. The van der Waals surface area contributed by atoms with E-state index in [1.165, 1.54) is 4.68 Å². The monoisotopic (exact) mass is 298 g/mol. The van der Waals surface area contributed by atoms with E-state index in [2.05, 4.69) is 25.3 Å². The molecular weight excluding hydrogens is 284 g/mol. The van der Waals surface area contributed by atoms with Gasteiger partial charge in [0.1, 0.15) is 11.4 Å². The van der Waals surface area contributed by atoms with Gasteiger partial charge >= 0.3 is 0 Å². The molecule has 0 aliphatic heterocycles. The Hall–Kier alpha value is -2.71. The summed E-state index contributed by atoms with van der Waals surface area (Å²) in [6, 6.07) is 5.54. The molecule has 22 heavy (non-hydrogen) atoms. The molecule has 0 bridgehead atoms. The van der Waals surface area contributed by atoms with Gasteiger partial charge in [-0.1, -0.05) is 11.3 Å². The van der Waals surface area contributed by atoms with Gasteiger partial charge in [0.2, 0.25) is 0 Å². The summed E-state index contributed by atoms with van der Waals surface area (Å²) in [6.45, 7) is -0.145. The zero-order valence-corrected chi connectivity index (χ0v) is 11.6. The Morgan fingerprint density at radius 1 is 1.09 bits per heavy atom. The molecule has 0 saturated carbocycles. The number of rotatable bonds is 5. The molecule has 1 atom stereocenters. The predicted octanol–water partition coefficient (Wildman–Crippen LogP) is 0.150. The van der Waals surface area contributed by atoms with Crippen molar-refractivity contribution in [1.29, 1.82) is 0 Å². The molecule has 0 aliphatic carbocycles. The molecule has 8 nitrogen and oxygen atoms in total. The molecule has 112 valence electrons. The largest absolute Gasteiger partial charge is 0.394 e. The maximum atomic E-state index is 9.38. The highest BCUT2D eigenvalue weighted by Crippen LogP contribution is 2.16. The summed E-state index contributed by atoms with van der Waals surface area (Å²) in [7, 11) is 0. The van der Waals surface area contributed by atoms with Gasteiger partial charge in [0.15, 0.2) is 5.82 Å². The maximum Gasteiger partial charge on any atom is 0.178 e. The molecule has 1 unspecified atom stereocenters. The quantitative estimate of drug-likeness (QED) is 0.690. The van der Waals surface area contributed by atoms with Crippen LogP contribution in [0.25, 0.3) is 22.8 Å². The highest BCUT2D eigenvalue weighted by molar-refractivity contribution is 5.57. The molecule has 2 N–H and O–H groups in total. The zero-order chi connectivity index (χ0) is 15.4. The third-order valence-corrected chi connectivity index (χ3v) is 2.99. The predicted molar refractivity (Wildman–Crippen MR) is 77.4 cm³/mol. The highest BCUT2D eigenvalue weighted by Gasteiger charge is 2.09. The molecule has 0 fully saturated rings. The molecule has 3 aromatic heterocycles. The summed E-state index contributed by atoms with van der Waals surface area (Å²) in [4.78, 5) is 12.7. The van der Waals surface area contributed by atoms with Crippen LogP contribution < -0.4 is 0 Å². The molecule has 0 amide bonds. The fraction of sp³-hybridized carbons (Fsp3) is 0.214. The van der Waals surface area contributed by atoms with E-state index in [4.69, 9.17) is 5.11 Å². The van der Waals surface area contributed by atoms with Crippen LogP contribution in [0.15, 0.2) is 43.0 Å². The molecule has 3 aromatic rings. The van der Waals surface area contributed by atoms with Gasteiger partial charge in [0.25, 0.3) is 0 Å². The van der Waals surface area contributed by atoms with Crippen LogP contribution >= 0.6 is 0 Å². The minimum Gasteiger partial charge on any atom is -0.394 e. The third-order valence-electron chi connectivity index (χ3n) is 2.99. The number of aliphatic hydroxyl groups excluding tert-OH is 2. The SMILES string of the molecule is OCC(O)Cn1cc(-c2cnc(-c3ccccn3)nc2)nn1. The second kappa shape index (κ2) is 6.37. The minimum absolute atomic E-state index is 0.177. The number of nitrogens with zero attached hydrogens (tertiary/aromatic N) is 6. The first kappa shape index (κ1) is 14.2. The van der Waals surface area contributed by atoms with E-state index < -0.39 is 6.10 Å². The van der Waals surface area contributed by atoms with Crippen molar-refractivity contribution in [2.75, 3.05) is 6.61 Å². The lowest BCUT2D eigenvalue weighted by atomic mass is 10.2. The minimum atomic E-state index is -0.864. The van der Waals surface area contributed by atoms with Crippen molar-refractivity contribution in [3.63, 3.8) is 0 Å². The lowest BCUT2D eigenvalue weighted by Crippen LogP contribution is -2.20. The Morgan fingerprint density at radius 2 is 1.91 bits per heavy atom. The maximum absolute atomic E-state index is 9.38. The second-order valence-electron chi connectivity index (χ2n) is 4.67. The zero-order valence-electron chi connectivity index (χ0n) is 11.6. The van der Waals surface area contributed by atoms with E-state index >= 15 is 0 Å². The van der Waals surface area contributed by atoms with Gasteiger partial charge in [-0.15, -0.1) is 5.10 Å². The summed E-state index contributed by atoms with van der Waals surface area (Å²) >= 11 is 0. The smallest absolute Gasteiger partial charge is 0.178 e.